The highest BCUT2D eigenvalue weighted by atomic mass is 35.5. The predicted molar refractivity (Wildman–Crippen MR) is 55.3 cm³/mol. The van der Waals surface area contributed by atoms with Gasteiger partial charge < -0.3 is 5.73 Å². The molecule has 2 nitrogen and oxygen atoms in total. The Hall–Kier alpha value is 0.400. The summed E-state index contributed by atoms with van der Waals surface area (Å²) in [5, 5.41) is 1.31. The van der Waals surface area contributed by atoms with Crippen LogP contribution in [0, 0.1) is 0 Å². The van der Waals surface area contributed by atoms with E-state index in [0.29, 0.717) is 16.5 Å². The van der Waals surface area contributed by atoms with E-state index >= 15 is 0 Å². The van der Waals surface area contributed by atoms with E-state index in [1.54, 1.807) is 11.8 Å². The van der Waals surface area contributed by atoms with E-state index in [2.05, 4.69) is 4.99 Å². The van der Waals surface area contributed by atoms with Crippen LogP contribution in [0.5, 0.6) is 0 Å². The molecule has 0 saturated heterocycles. The van der Waals surface area contributed by atoms with E-state index in [0.717, 1.165) is 12.8 Å². The molecule has 0 aromatic carbocycles. The van der Waals surface area contributed by atoms with Crippen LogP contribution in [0.2, 0.25) is 0 Å². The third-order valence-electron chi connectivity index (χ3n) is 2.31. The second-order valence-electron chi connectivity index (χ2n) is 3.19. The predicted octanol–water partition coefficient (Wildman–Crippen LogP) is 1.79. The average Bonchev–Trinajstić information content (AvgIpc) is 2.30. The molecule has 12 heavy (non-hydrogen) atoms. The first-order valence-corrected chi connectivity index (χ1v) is 5.70. The van der Waals surface area contributed by atoms with Gasteiger partial charge in [0, 0.05) is 5.25 Å². The summed E-state index contributed by atoms with van der Waals surface area (Å²) < 4.78 is 0. The van der Waals surface area contributed by atoms with Crippen LogP contribution in [0.15, 0.2) is 4.99 Å². The normalized spacial score (nSPS) is 47.0. The van der Waals surface area contributed by atoms with Gasteiger partial charge in [-0.15, -0.1) is 23.2 Å². The minimum atomic E-state index is 0.0585. The van der Waals surface area contributed by atoms with Crippen molar-refractivity contribution < 1.29 is 0 Å². The van der Waals surface area contributed by atoms with Crippen LogP contribution in [0.25, 0.3) is 0 Å². The van der Waals surface area contributed by atoms with Crippen molar-refractivity contribution in [3.63, 3.8) is 0 Å². The molecule has 0 bridgehead atoms. The van der Waals surface area contributed by atoms with Gasteiger partial charge in [-0.05, 0) is 12.8 Å². The molecular formula is C7H10Cl2N2S. The van der Waals surface area contributed by atoms with Gasteiger partial charge in [0.05, 0.1) is 16.8 Å². The number of hydrogen-bond acceptors (Lipinski definition) is 3. The lowest BCUT2D eigenvalue weighted by Crippen LogP contribution is -2.35. The van der Waals surface area contributed by atoms with Gasteiger partial charge in [0.25, 0.3) is 0 Å². The number of aliphatic imine (C=N–C) groups is 1. The topological polar surface area (TPSA) is 38.4 Å². The van der Waals surface area contributed by atoms with Gasteiger partial charge in [0.2, 0.25) is 0 Å². The number of fused-ring (bicyclic) bond motifs is 1. The van der Waals surface area contributed by atoms with Crippen LogP contribution in [0.4, 0.5) is 0 Å². The number of hydrogen-bond donors (Lipinski definition) is 1. The SMILES string of the molecule is NC1=NC2CC(Cl)C(Cl)CC2S1. The molecule has 68 valence electrons. The maximum Gasteiger partial charge on any atom is 0.154 e. The lowest BCUT2D eigenvalue weighted by molar-refractivity contribution is 0.473. The number of nitrogens with zero attached hydrogens (tertiary/aromatic N) is 1. The fraction of sp³-hybridized carbons (Fsp3) is 0.857. The number of amidine groups is 1. The Morgan fingerprint density at radius 3 is 2.75 bits per heavy atom. The molecule has 0 radical (unpaired) electrons. The second-order valence-corrected chi connectivity index (χ2v) is 5.58. The van der Waals surface area contributed by atoms with Gasteiger partial charge in [0.1, 0.15) is 0 Å². The lowest BCUT2D eigenvalue weighted by atomic mass is 9.94. The number of nitrogens with two attached hydrogens (primary N) is 1. The standard InChI is InChI=1S/C7H10Cl2N2S/c8-3-1-5-6(2-4(3)9)12-7(10)11-5/h3-6H,1-2H2,(H2,10,11). The van der Waals surface area contributed by atoms with Crippen molar-refractivity contribution in [3.05, 3.63) is 0 Å². The molecule has 2 N–H and O–H groups in total. The summed E-state index contributed by atoms with van der Waals surface area (Å²) in [7, 11) is 0. The van der Waals surface area contributed by atoms with Crippen LogP contribution in [-0.2, 0) is 0 Å². The molecule has 2 aliphatic rings. The van der Waals surface area contributed by atoms with Crippen molar-refractivity contribution in [2.75, 3.05) is 0 Å². The van der Waals surface area contributed by atoms with Crippen molar-refractivity contribution in [1.29, 1.82) is 0 Å². The van der Waals surface area contributed by atoms with Gasteiger partial charge in [-0.2, -0.15) is 0 Å². The summed E-state index contributed by atoms with van der Waals surface area (Å²) in [5.41, 5.74) is 5.61. The molecule has 5 heteroatoms. The van der Waals surface area contributed by atoms with Crippen molar-refractivity contribution in [3.8, 4) is 0 Å². The Morgan fingerprint density at radius 2 is 2.00 bits per heavy atom. The van der Waals surface area contributed by atoms with Crippen LogP contribution in [-0.4, -0.2) is 27.2 Å². The quantitative estimate of drug-likeness (QED) is 0.638. The molecular weight excluding hydrogens is 215 g/mol. The summed E-state index contributed by atoms with van der Waals surface area (Å²) in [6.45, 7) is 0. The minimum Gasteiger partial charge on any atom is -0.379 e. The maximum atomic E-state index is 6.04. The Balaban J connectivity index is 2.07. The molecule has 1 saturated carbocycles. The van der Waals surface area contributed by atoms with E-state index in [1.807, 2.05) is 0 Å². The van der Waals surface area contributed by atoms with E-state index in [-0.39, 0.29) is 10.8 Å². The highest BCUT2D eigenvalue weighted by Gasteiger charge is 2.39. The van der Waals surface area contributed by atoms with E-state index in [9.17, 15) is 0 Å². The van der Waals surface area contributed by atoms with Gasteiger partial charge >= 0.3 is 0 Å². The van der Waals surface area contributed by atoms with Crippen molar-refractivity contribution in [2.45, 2.75) is 34.9 Å². The second kappa shape index (κ2) is 3.28. The summed E-state index contributed by atoms with van der Waals surface area (Å²) in [5.74, 6) is 0. The van der Waals surface area contributed by atoms with E-state index in [4.69, 9.17) is 28.9 Å². The summed E-state index contributed by atoms with van der Waals surface area (Å²) >= 11 is 13.7. The van der Waals surface area contributed by atoms with E-state index < -0.39 is 0 Å². The fourth-order valence-electron chi connectivity index (χ4n) is 1.67. The molecule has 4 atom stereocenters. The Morgan fingerprint density at radius 1 is 1.33 bits per heavy atom. The summed E-state index contributed by atoms with van der Waals surface area (Å²) in [6, 6.07) is 0.312. The minimum absolute atomic E-state index is 0.0585. The average molecular weight is 225 g/mol. The zero-order chi connectivity index (χ0) is 8.72. The number of thioether (sulfide) groups is 1. The van der Waals surface area contributed by atoms with Crippen molar-refractivity contribution in [2.24, 2.45) is 10.7 Å². The molecule has 1 fully saturated rings. The zero-order valence-corrected chi connectivity index (χ0v) is 8.74. The molecule has 4 unspecified atom stereocenters. The van der Waals surface area contributed by atoms with Gasteiger partial charge in [-0.25, -0.2) is 0 Å². The smallest absolute Gasteiger partial charge is 0.154 e. The van der Waals surface area contributed by atoms with Gasteiger partial charge in [-0.1, -0.05) is 11.8 Å². The first-order valence-electron chi connectivity index (χ1n) is 3.95. The monoisotopic (exact) mass is 224 g/mol. The van der Waals surface area contributed by atoms with Crippen LogP contribution in [0.1, 0.15) is 12.8 Å². The highest BCUT2D eigenvalue weighted by molar-refractivity contribution is 8.14. The Kier molecular flexibility index (Phi) is 2.45. The molecule has 1 heterocycles. The highest BCUT2D eigenvalue weighted by Crippen LogP contribution is 2.39. The molecule has 2 rings (SSSR count). The molecule has 1 aliphatic heterocycles. The van der Waals surface area contributed by atoms with Gasteiger partial charge in [-0.3, -0.25) is 4.99 Å². The molecule has 0 aromatic heterocycles. The third kappa shape index (κ3) is 1.54. The van der Waals surface area contributed by atoms with Crippen LogP contribution in [0.3, 0.4) is 0 Å². The number of alkyl halides is 2. The molecule has 0 amide bonds. The zero-order valence-electron chi connectivity index (χ0n) is 6.41. The van der Waals surface area contributed by atoms with Crippen molar-refractivity contribution >= 4 is 40.1 Å². The lowest BCUT2D eigenvalue weighted by Gasteiger charge is -2.29. The number of halogens is 2. The fourth-order valence-corrected chi connectivity index (χ4v) is 3.49. The molecule has 0 aromatic rings. The largest absolute Gasteiger partial charge is 0.379 e. The molecule has 1 aliphatic carbocycles. The maximum absolute atomic E-state index is 6.04. The van der Waals surface area contributed by atoms with Gasteiger partial charge in [0.15, 0.2) is 5.17 Å². The Bertz CT molecular complexity index is 221. The summed E-state index contributed by atoms with van der Waals surface area (Å²) in [4.78, 5) is 4.31. The Labute approximate surface area is 85.9 Å². The summed E-state index contributed by atoms with van der Waals surface area (Å²) in [6.07, 6.45) is 1.79. The van der Waals surface area contributed by atoms with E-state index in [1.165, 1.54) is 0 Å². The van der Waals surface area contributed by atoms with Crippen LogP contribution < -0.4 is 5.73 Å². The third-order valence-corrected chi connectivity index (χ3v) is 4.56. The van der Waals surface area contributed by atoms with Crippen LogP contribution >= 0.6 is 35.0 Å². The molecule has 0 spiro atoms. The van der Waals surface area contributed by atoms with Crippen molar-refractivity contribution in [1.82, 2.24) is 0 Å². The number of rotatable bonds is 0. The first-order chi connectivity index (χ1) is 5.66. The first kappa shape index (κ1) is 8.97.